The zero-order chi connectivity index (χ0) is 22.8. The molecular formula is C22H27F3N4O2. The van der Waals surface area contributed by atoms with Crippen LogP contribution in [0.5, 0.6) is 0 Å². The topological polar surface area (TPSA) is 69.6 Å². The van der Waals surface area contributed by atoms with E-state index >= 15 is 0 Å². The molecule has 1 aliphatic heterocycles. The van der Waals surface area contributed by atoms with Gasteiger partial charge in [-0.1, -0.05) is 32.9 Å². The Morgan fingerprint density at radius 2 is 1.81 bits per heavy atom. The molecular weight excluding hydrogens is 409 g/mol. The molecule has 0 unspecified atom stereocenters. The molecule has 0 bridgehead atoms. The number of alkyl halides is 3. The SMILES string of the molecule is CC(C)(C)c1nc(N2CCCN(Cc3cccc(C(=O)O)c3)CC2)cc(C(F)(F)F)n1. The third kappa shape index (κ3) is 5.94. The summed E-state index contributed by atoms with van der Waals surface area (Å²) in [5, 5.41) is 9.17. The molecule has 1 saturated heterocycles. The quantitative estimate of drug-likeness (QED) is 0.775. The lowest BCUT2D eigenvalue weighted by atomic mass is 9.95. The fourth-order valence-electron chi connectivity index (χ4n) is 3.50. The molecule has 2 heterocycles. The van der Waals surface area contributed by atoms with Crippen molar-refractivity contribution in [3.8, 4) is 0 Å². The molecule has 3 rings (SSSR count). The van der Waals surface area contributed by atoms with Crippen LogP contribution in [0.15, 0.2) is 30.3 Å². The van der Waals surface area contributed by atoms with Crippen LogP contribution in [0.25, 0.3) is 0 Å². The van der Waals surface area contributed by atoms with E-state index in [1.165, 1.54) is 0 Å². The van der Waals surface area contributed by atoms with Crippen LogP contribution < -0.4 is 4.90 Å². The maximum Gasteiger partial charge on any atom is 0.433 e. The van der Waals surface area contributed by atoms with Crippen molar-refractivity contribution in [3.05, 3.63) is 53.0 Å². The molecule has 9 heteroatoms. The third-order valence-electron chi connectivity index (χ3n) is 5.17. The molecule has 0 saturated carbocycles. The summed E-state index contributed by atoms with van der Waals surface area (Å²) in [6.45, 7) is 8.47. The van der Waals surface area contributed by atoms with E-state index in [2.05, 4.69) is 14.9 Å². The molecule has 0 radical (unpaired) electrons. The molecule has 0 aliphatic carbocycles. The van der Waals surface area contributed by atoms with Crippen LogP contribution in [0.4, 0.5) is 19.0 Å². The fourth-order valence-corrected chi connectivity index (χ4v) is 3.50. The van der Waals surface area contributed by atoms with Crippen molar-refractivity contribution >= 4 is 11.8 Å². The molecule has 1 aromatic carbocycles. The number of nitrogens with zero attached hydrogens (tertiary/aromatic N) is 4. The normalized spacial score (nSPS) is 16.3. The Morgan fingerprint density at radius 3 is 2.45 bits per heavy atom. The highest BCUT2D eigenvalue weighted by Crippen LogP contribution is 2.32. The molecule has 31 heavy (non-hydrogen) atoms. The minimum Gasteiger partial charge on any atom is -0.478 e. The van der Waals surface area contributed by atoms with Crippen LogP contribution in [-0.2, 0) is 18.1 Å². The maximum absolute atomic E-state index is 13.4. The zero-order valence-electron chi connectivity index (χ0n) is 17.9. The van der Waals surface area contributed by atoms with Gasteiger partial charge in [0.05, 0.1) is 5.56 Å². The molecule has 1 aliphatic rings. The Morgan fingerprint density at radius 1 is 1.06 bits per heavy atom. The number of hydrogen-bond acceptors (Lipinski definition) is 5. The van der Waals surface area contributed by atoms with Crippen LogP contribution >= 0.6 is 0 Å². The number of aromatic nitrogens is 2. The van der Waals surface area contributed by atoms with Crippen molar-refractivity contribution in [2.75, 3.05) is 31.1 Å². The van der Waals surface area contributed by atoms with Crippen LogP contribution in [0, 0.1) is 0 Å². The van der Waals surface area contributed by atoms with Gasteiger partial charge in [-0.05, 0) is 24.1 Å². The molecule has 168 valence electrons. The first kappa shape index (κ1) is 23.0. The van der Waals surface area contributed by atoms with E-state index in [0.29, 0.717) is 32.0 Å². The van der Waals surface area contributed by atoms with Gasteiger partial charge in [0.25, 0.3) is 0 Å². The number of rotatable bonds is 4. The molecule has 6 nitrogen and oxygen atoms in total. The fraction of sp³-hybridized carbons (Fsp3) is 0.500. The van der Waals surface area contributed by atoms with Crippen molar-refractivity contribution < 1.29 is 23.1 Å². The first-order chi connectivity index (χ1) is 14.4. The second kappa shape index (κ2) is 8.82. The second-order valence-corrected chi connectivity index (χ2v) is 8.81. The zero-order valence-corrected chi connectivity index (χ0v) is 17.9. The van der Waals surface area contributed by atoms with Gasteiger partial charge in [0.1, 0.15) is 17.3 Å². The summed E-state index contributed by atoms with van der Waals surface area (Å²) in [6.07, 6.45) is -3.78. The Labute approximate surface area is 179 Å². The Kier molecular flexibility index (Phi) is 6.54. The lowest BCUT2D eigenvalue weighted by Gasteiger charge is -2.26. The number of carboxylic acid groups (broad SMARTS) is 1. The summed E-state index contributed by atoms with van der Waals surface area (Å²) >= 11 is 0. The van der Waals surface area contributed by atoms with Crippen molar-refractivity contribution in [1.82, 2.24) is 14.9 Å². The standard InChI is InChI=1S/C22H27F3N4O2/c1-21(2,3)20-26-17(22(23,24)25)13-18(27-20)29-9-5-8-28(10-11-29)14-15-6-4-7-16(12-15)19(30)31/h4,6-7,12-13H,5,8-11,14H2,1-3H3,(H,30,31). The van der Waals surface area contributed by atoms with Crippen LogP contribution in [0.1, 0.15) is 54.6 Å². The van der Waals surface area contributed by atoms with Gasteiger partial charge >= 0.3 is 12.1 Å². The van der Waals surface area contributed by atoms with Gasteiger partial charge in [-0.2, -0.15) is 13.2 Å². The molecule has 2 aromatic rings. The van der Waals surface area contributed by atoms with Crippen molar-refractivity contribution in [1.29, 1.82) is 0 Å². The summed E-state index contributed by atoms with van der Waals surface area (Å²) < 4.78 is 40.3. The Bertz CT molecular complexity index is 909. The van der Waals surface area contributed by atoms with E-state index in [0.717, 1.165) is 24.6 Å². The Balaban J connectivity index is 1.77. The van der Waals surface area contributed by atoms with Gasteiger partial charge in [0.15, 0.2) is 0 Å². The number of benzene rings is 1. The average molecular weight is 436 g/mol. The van der Waals surface area contributed by atoms with Gasteiger partial charge in [-0.3, -0.25) is 4.90 Å². The van der Waals surface area contributed by atoms with Crippen LogP contribution in [0.2, 0.25) is 0 Å². The number of carbonyl (C=O) groups is 1. The number of halogens is 3. The highest BCUT2D eigenvalue weighted by atomic mass is 19.4. The summed E-state index contributed by atoms with van der Waals surface area (Å²) in [5.41, 5.74) is -0.397. The summed E-state index contributed by atoms with van der Waals surface area (Å²) in [5.74, 6) is -0.506. The molecule has 0 spiro atoms. The summed E-state index contributed by atoms with van der Waals surface area (Å²) in [6, 6.07) is 7.83. The van der Waals surface area contributed by atoms with Crippen LogP contribution in [0.3, 0.4) is 0 Å². The molecule has 1 N–H and O–H groups in total. The van der Waals surface area contributed by atoms with Gasteiger partial charge in [0.2, 0.25) is 0 Å². The second-order valence-electron chi connectivity index (χ2n) is 8.81. The van der Waals surface area contributed by atoms with Crippen molar-refractivity contribution in [2.45, 2.75) is 45.3 Å². The van der Waals surface area contributed by atoms with E-state index in [1.54, 1.807) is 39.0 Å². The van der Waals surface area contributed by atoms with Gasteiger partial charge in [-0.25, -0.2) is 14.8 Å². The van der Waals surface area contributed by atoms with E-state index in [1.807, 2.05) is 11.0 Å². The largest absolute Gasteiger partial charge is 0.478 e. The number of anilines is 1. The van der Waals surface area contributed by atoms with E-state index in [4.69, 9.17) is 5.11 Å². The van der Waals surface area contributed by atoms with E-state index < -0.39 is 23.3 Å². The average Bonchev–Trinajstić information content (AvgIpc) is 2.92. The number of carboxylic acids is 1. The predicted molar refractivity (Wildman–Crippen MR) is 111 cm³/mol. The van der Waals surface area contributed by atoms with E-state index in [-0.39, 0.29) is 11.4 Å². The summed E-state index contributed by atoms with van der Waals surface area (Å²) in [7, 11) is 0. The van der Waals surface area contributed by atoms with Crippen molar-refractivity contribution in [3.63, 3.8) is 0 Å². The third-order valence-corrected chi connectivity index (χ3v) is 5.17. The molecule has 1 aromatic heterocycles. The maximum atomic E-state index is 13.4. The first-order valence-electron chi connectivity index (χ1n) is 10.2. The van der Waals surface area contributed by atoms with Crippen molar-refractivity contribution in [2.24, 2.45) is 0 Å². The lowest BCUT2D eigenvalue weighted by molar-refractivity contribution is -0.141. The highest BCUT2D eigenvalue weighted by Gasteiger charge is 2.35. The smallest absolute Gasteiger partial charge is 0.433 e. The Hall–Kier alpha value is -2.68. The predicted octanol–water partition coefficient (Wildman–Crippen LogP) is 4.20. The first-order valence-corrected chi connectivity index (χ1v) is 10.2. The van der Waals surface area contributed by atoms with Gasteiger partial charge in [0, 0.05) is 44.2 Å². The van der Waals surface area contributed by atoms with Gasteiger partial charge < -0.3 is 10.0 Å². The number of aromatic carboxylic acids is 1. The molecule has 1 fully saturated rings. The number of hydrogen-bond donors (Lipinski definition) is 1. The van der Waals surface area contributed by atoms with E-state index in [9.17, 15) is 18.0 Å². The molecule has 0 amide bonds. The van der Waals surface area contributed by atoms with Gasteiger partial charge in [-0.15, -0.1) is 0 Å². The monoisotopic (exact) mass is 436 g/mol. The van der Waals surface area contributed by atoms with Crippen LogP contribution in [-0.4, -0.2) is 52.1 Å². The summed E-state index contributed by atoms with van der Waals surface area (Å²) in [4.78, 5) is 23.5. The minimum atomic E-state index is -4.54. The molecule has 0 atom stereocenters. The lowest BCUT2D eigenvalue weighted by Crippen LogP contribution is -2.32. The minimum absolute atomic E-state index is 0.170. The highest BCUT2D eigenvalue weighted by molar-refractivity contribution is 5.87.